The summed E-state index contributed by atoms with van der Waals surface area (Å²) < 4.78 is 0. The van der Waals surface area contributed by atoms with Gasteiger partial charge in [-0.25, -0.2) is 0 Å². The molecule has 0 spiro atoms. The molecule has 1 aromatic carbocycles. The molecular formula is C17H26N2. The van der Waals surface area contributed by atoms with Gasteiger partial charge in [0.15, 0.2) is 0 Å². The van der Waals surface area contributed by atoms with Crippen LogP contribution in [0.3, 0.4) is 0 Å². The largest absolute Gasteiger partial charge is 0.309 e. The smallest absolute Gasteiger partial charge is 0.0483 e. The molecule has 2 nitrogen and oxygen atoms in total. The lowest BCUT2D eigenvalue weighted by Gasteiger charge is -2.36. The lowest BCUT2D eigenvalue weighted by molar-refractivity contribution is 0.143. The van der Waals surface area contributed by atoms with Crippen molar-refractivity contribution in [2.24, 2.45) is 5.92 Å². The maximum Gasteiger partial charge on any atom is 0.0483 e. The first-order chi connectivity index (χ1) is 9.29. The minimum Gasteiger partial charge on any atom is -0.309 e. The first-order valence-corrected chi connectivity index (χ1v) is 7.81. The van der Waals surface area contributed by atoms with E-state index in [4.69, 9.17) is 0 Å². The molecule has 2 unspecified atom stereocenters. The second-order valence-corrected chi connectivity index (χ2v) is 6.24. The van der Waals surface area contributed by atoms with Crippen molar-refractivity contribution in [1.29, 1.82) is 0 Å². The molecular weight excluding hydrogens is 232 g/mol. The zero-order valence-corrected chi connectivity index (χ0v) is 12.2. The highest BCUT2D eigenvalue weighted by atomic mass is 15.2. The van der Waals surface area contributed by atoms with E-state index in [1.807, 2.05) is 0 Å². The van der Waals surface area contributed by atoms with E-state index in [1.165, 1.54) is 37.8 Å². The Morgan fingerprint density at radius 1 is 1.26 bits per heavy atom. The normalized spacial score (nSPS) is 26.5. The van der Waals surface area contributed by atoms with E-state index >= 15 is 0 Å². The summed E-state index contributed by atoms with van der Waals surface area (Å²) in [6.45, 7) is 4.54. The fourth-order valence-corrected chi connectivity index (χ4v) is 3.67. The number of nitrogens with one attached hydrogen (secondary N) is 1. The van der Waals surface area contributed by atoms with Crippen LogP contribution in [0.4, 0.5) is 0 Å². The maximum atomic E-state index is 3.70. The highest BCUT2D eigenvalue weighted by molar-refractivity contribution is 5.37. The molecule has 1 saturated carbocycles. The predicted molar refractivity (Wildman–Crippen MR) is 80.3 cm³/mol. The van der Waals surface area contributed by atoms with Gasteiger partial charge in [0.05, 0.1) is 0 Å². The molecule has 104 valence electrons. The molecule has 0 aliphatic heterocycles. The summed E-state index contributed by atoms with van der Waals surface area (Å²) >= 11 is 0. The van der Waals surface area contributed by atoms with Gasteiger partial charge in [-0.15, -0.1) is 0 Å². The Labute approximate surface area is 117 Å². The SMILES string of the molecule is CCNC1c2ccccc2CC1N(C)CC1CCC1. The van der Waals surface area contributed by atoms with Crippen LogP contribution in [0.25, 0.3) is 0 Å². The Bertz CT molecular complexity index is 425. The number of nitrogens with zero attached hydrogens (tertiary/aromatic N) is 1. The molecule has 2 aliphatic rings. The average molecular weight is 258 g/mol. The van der Waals surface area contributed by atoms with Gasteiger partial charge in [-0.2, -0.15) is 0 Å². The minimum atomic E-state index is 0.520. The van der Waals surface area contributed by atoms with Crippen molar-refractivity contribution in [2.45, 2.75) is 44.7 Å². The Morgan fingerprint density at radius 3 is 2.74 bits per heavy atom. The zero-order chi connectivity index (χ0) is 13.2. The Morgan fingerprint density at radius 2 is 2.05 bits per heavy atom. The fraction of sp³-hybridized carbons (Fsp3) is 0.647. The van der Waals surface area contributed by atoms with Crippen molar-refractivity contribution >= 4 is 0 Å². The van der Waals surface area contributed by atoms with Crippen LogP contribution in [0.15, 0.2) is 24.3 Å². The van der Waals surface area contributed by atoms with E-state index in [1.54, 1.807) is 5.56 Å². The summed E-state index contributed by atoms with van der Waals surface area (Å²) in [5.74, 6) is 0.955. The predicted octanol–water partition coefficient (Wildman–Crippen LogP) is 2.99. The molecule has 0 bridgehead atoms. The van der Waals surface area contributed by atoms with Gasteiger partial charge in [-0.05, 0) is 49.9 Å². The van der Waals surface area contributed by atoms with Gasteiger partial charge in [-0.1, -0.05) is 37.6 Å². The van der Waals surface area contributed by atoms with E-state index < -0.39 is 0 Å². The highest BCUT2D eigenvalue weighted by Crippen LogP contribution is 2.35. The zero-order valence-electron chi connectivity index (χ0n) is 12.2. The van der Waals surface area contributed by atoms with Gasteiger partial charge >= 0.3 is 0 Å². The average Bonchev–Trinajstić information content (AvgIpc) is 2.74. The lowest BCUT2D eigenvalue weighted by Crippen LogP contribution is -2.43. The quantitative estimate of drug-likeness (QED) is 0.873. The number of likely N-dealkylation sites (N-methyl/N-ethyl adjacent to an activating group) is 2. The highest BCUT2D eigenvalue weighted by Gasteiger charge is 2.35. The summed E-state index contributed by atoms with van der Waals surface area (Å²) in [5, 5.41) is 3.70. The van der Waals surface area contributed by atoms with Gasteiger partial charge < -0.3 is 10.2 Å². The molecule has 0 saturated heterocycles. The molecule has 2 atom stereocenters. The third-order valence-electron chi connectivity index (χ3n) is 4.97. The van der Waals surface area contributed by atoms with Gasteiger partial charge in [0, 0.05) is 18.6 Å². The summed E-state index contributed by atoms with van der Waals surface area (Å²) in [5.41, 5.74) is 3.06. The van der Waals surface area contributed by atoms with Crippen LogP contribution >= 0.6 is 0 Å². The van der Waals surface area contributed by atoms with Gasteiger partial charge in [0.1, 0.15) is 0 Å². The van der Waals surface area contributed by atoms with Crippen LogP contribution < -0.4 is 5.32 Å². The van der Waals surface area contributed by atoms with E-state index in [9.17, 15) is 0 Å². The first-order valence-electron chi connectivity index (χ1n) is 7.81. The van der Waals surface area contributed by atoms with E-state index in [0.29, 0.717) is 12.1 Å². The first kappa shape index (κ1) is 13.1. The van der Waals surface area contributed by atoms with Crippen LogP contribution in [-0.2, 0) is 6.42 Å². The molecule has 2 aliphatic carbocycles. The van der Waals surface area contributed by atoms with E-state index in [0.717, 1.165) is 12.5 Å². The Balaban J connectivity index is 1.74. The third kappa shape index (κ3) is 2.56. The fourth-order valence-electron chi connectivity index (χ4n) is 3.67. The standard InChI is InChI=1S/C17H26N2/c1-3-18-17-15-10-5-4-9-14(15)11-16(17)19(2)12-13-7-6-8-13/h4-5,9-10,13,16-18H,3,6-8,11-12H2,1-2H3. The maximum absolute atomic E-state index is 3.70. The summed E-state index contributed by atoms with van der Waals surface area (Å²) in [7, 11) is 2.32. The number of benzene rings is 1. The summed E-state index contributed by atoms with van der Waals surface area (Å²) in [4.78, 5) is 2.61. The molecule has 1 N–H and O–H groups in total. The van der Waals surface area contributed by atoms with Gasteiger partial charge in [-0.3, -0.25) is 0 Å². The van der Waals surface area contributed by atoms with Crippen LogP contribution in [0, 0.1) is 5.92 Å². The Hall–Kier alpha value is -0.860. The minimum absolute atomic E-state index is 0.520. The van der Waals surface area contributed by atoms with E-state index in [-0.39, 0.29) is 0 Å². The lowest BCUT2D eigenvalue weighted by atomic mass is 9.85. The summed E-state index contributed by atoms with van der Waals surface area (Å²) in [6.07, 6.45) is 5.53. The molecule has 2 heteroatoms. The van der Waals surface area contributed by atoms with Crippen molar-refractivity contribution in [3.63, 3.8) is 0 Å². The number of hydrogen-bond acceptors (Lipinski definition) is 2. The van der Waals surface area contributed by atoms with Crippen molar-refractivity contribution in [3.8, 4) is 0 Å². The molecule has 19 heavy (non-hydrogen) atoms. The topological polar surface area (TPSA) is 15.3 Å². The van der Waals surface area contributed by atoms with Crippen molar-refractivity contribution < 1.29 is 0 Å². The third-order valence-corrected chi connectivity index (χ3v) is 4.97. The number of hydrogen-bond donors (Lipinski definition) is 1. The summed E-state index contributed by atoms with van der Waals surface area (Å²) in [6, 6.07) is 10.1. The molecule has 3 rings (SSSR count). The number of fused-ring (bicyclic) bond motifs is 1. The van der Waals surface area contributed by atoms with Crippen molar-refractivity contribution in [1.82, 2.24) is 10.2 Å². The second-order valence-electron chi connectivity index (χ2n) is 6.24. The van der Waals surface area contributed by atoms with Crippen LogP contribution in [0.5, 0.6) is 0 Å². The molecule has 0 heterocycles. The van der Waals surface area contributed by atoms with Crippen LogP contribution in [-0.4, -0.2) is 31.1 Å². The molecule has 0 radical (unpaired) electrons. The van der Waals surface area contributed by atoms with Crippen LogP contribution in [0.1, 0.15) is 43.4 Å². The van der Waals surface area contributed by atoms with Crippen molar-refractivity contribution in [3.05, 3.63) is 35.4 Å². The van der Waals surface area contributed by atoms with E-state index in [2.05, 4.69) is 48.5 Å². The monoisotopic (exact) mass is 258 g/mol. The van der Waals surface area contributed by atoms with Crippen molar-refractivity contribution in [2.75, 3.05) is 20.1 Å². The Kier molecular flexibility index (Phi) is 3.90. The molecule has 1 fully saturated rings. The molecule has 0 aromatic heterocycles. The van der Waals surface area contributed by atoms with Gasteiger partial charge in [0.25, 0.3) is 0 Å². The molecule has 0 amide bonds. The second kappa shape index (κ2) is 5.64. The van der Waals surface area contributed by atoms with Gasteiger partial charge in [0.2, 0.25) is 0 Å². The number of rotatable bonds is 5. The molecule has 1 aromatic rings. The van der Waals surface area contributed by atoms with Crippen LogP contribution in [0.2, 0.25) is 0 Å².